The predicted molar refractivity (Wildman–Crippen MR) is 49.4 cm³/mol. The lowest BCUT2D eigenvalue weighted by Gasteiger charge is -2.28. The van der Waals surface area contributed by atoms with E-state index in [9.17, 15) is 4.79 Å². The van der Waals surface area contributed by atoms with Gasteiger partial charge < -0.3 is 20.7 Å². The van der Waals surface area contributed by atoms with Crippen LogP contribution in [-0.4, -0.2) is 49.8 Å². The molecule has 0 spiro atoms. The minimum Gasteiger partial charge on any atom is -0.378 e. The molecule has 3 N–H and O–H groups in total. The highest BCUT2D eigenvalue weighted by Crippen LogP contribution is 1.97. The van der Waals surface area contributed by atoms with E-state index in [2.05, 4.69) is 5.32 Å². The highest BCUT2D eigenvalue weighted by molar-refractivity contribution is 5.74. The average Bonchev–Trinajstić information content (AvgIpc) is 2.19. The molecule has 0 aliphatic carbocycles. The largest absolute Gasteiger partial charge is 0.378 e. The van der Waals surface area contributed by atoms with Crippen LogP contribution in [0.4, 0.5) is 4.79 Å². The second-order valence-electron chi connectivity index (χ2n) is 3.19. The summed E-state index contributed by atoms with van der Waals surface area (Å²) in [7, 11) is 0. The molecular formula is C8H17N3O2. The zero-order chi connectivity index (χ0) is 9.68. The Morgan fingerprint density at radius 2 is 2.23 bits per heavy atom. The second kappa shape index (κ2) is 5.04. The summed E-state index contributed by atoms with van der Waals surface area (Å²) in [6.07, 6.45) is 0. The van der Waals surface area contributed by atoms with E-state index in [1.54, 1.807) is 4.90 Å². The van der Waals surface area contributed by atoms with E-state index in [0.29, 0.717) is 32.8 Å². The van der Waals surface area contributed by atoms with Crippen molar-refractivity contribution in [1.82, 2.24) is 10.2 Å². The molecule has 13 heavy (non-hydrogen) atoms. The summed E-state index contributed by atoms with van der Waals surface area (Å²) < 4.78 is 5.13. The van der Waals surface area contributed by atoms with Gasteiger partial charge in [0.2, 0.25) is 0 Å². The third-order valence-electron chi connectivity index (χ3n) is 2.02. The Bertz CT molecular complexity index is 169. The van der Waals surface area contributed by atoms with Gasteiger partial charge in [0.25, 0.3) is 0 Å². The Kier molecular flexibility index (Phi) is 3.98. The van der Waals surface area contributed by atoms with E-state index >= 15 is 0 Å². The van der Waals surface area contributed by atoms with Gasteiger partial charge in [-0.2, -0.15) is 0 Å². The van der Waals surface area contributed by atoms with Gasteiger partial charge in [-0.1, -0.05) is 0 Å². The van der Waals surface area contributed by atoms with Crippen LogP contribution in [0.25, 0.3) is 0 Å². The van der Waals surface area contributed by atoms with Gasteiger partial charge in [0.1, 0.15) is 0 Å². The Morgan fingerprint density at radius 3 is 2.77 bits per heavy atom. The fourth-order valence-corrected chi connectivity index (χ4v) is 1.13. The molecule has 1 fully saturated rings. The zero-order valence-electron chi connectivity index (χ0n) is 7.95. The minimum atomic E-state index is -0.0405. The maximum absolute atomic E-state index is 11.5. The normalized spacial score (nSPS) is 19.7. The van der Waals surface area contributed by atoms with E-state index in [4.69, 9.17) is 10.5 Å². The van der Waals surface area contributed by atoms with Gasteiger partial charge in [-0.3, -0.25) is 0 Å². The summed E-state index contributed by atoms with van der Waals surface area (Å²) in [5, 5.41) is 2.81. The van der Waals surface area contributed by atoms with Crippen molar-refractivity contribution < 1.29 is 9.53 Å². The van der Waals surface area contributed by atoms with Crippen molar-refractivity contribution in [3.05, 3.63) is 0 Å². The fourth-order valence-electron chi connectivity index (χ4n) is 1.13. The van der Waals surface area contributed by atoms with Crippen molar-refractivity contribution in [2.75, 3.05) is 32.8 Å². The van der Waals surface area contributed by atoms with Crippen LogP contribution in [0.3, 0.4) is 0 Å². The molecule has 1 rings (SSSR count). The van der Waals surface area contributed by atoms with Gasteiger partial charge in [0, 0.05) is 25.7 Å². The molecule has 1 unspecified atom stereocenters. The number of urea groups is 1. The number of ether oxygens (including phenoxy) is 1. The highest BCUT2D eigenvalue weighted by Gasteiger charge is 2.17. The number of rotatable bonds is 2. The first-order chi connectivity index (χ1) is 6.24. The molecule has 1 aliphatic rings. The predicted octanol–water partition coefficient (Wildman–Crippen LogP) is -0.625. The average molecular weight is 187 g/mol. The molecule has 2 amide bonds. The van der Waals surface area contributed by atoms with Gasteiger partial charge in [-0.15, -0.1) is 0 Å². The van der Waals surface area contributed by atoms with Crippen LogP contribution >= 0.6 is 0 Å². The molecule has 1 heterocycles. The van der Waals surface area contributed by atoms with Crippen LogP contribution in [0.2, 0.25) is 0 Å². The van der Waals surface area contributed by atoms with Crippen molar-refractivity contribution in [3.63, 3.8) is 0 Å². The lowest BCUT2D eigenvalue weighted by molar-refractivity contribution is 0.0527. The molecule has 5 nitrogen and oxygen atoms in total. The van der Waals surface area contributed by atoms with Crippen molar-refractivity contribution in [2.45, 2.75) is 13.0 Å². The summed E-state index contributed by atoms with van der Waals surface area (Å²) in [5.41, 5.74) is 5.39. The first-order valence-corrected chi connectivity index (χ1v) is 4.57. The third kappa shape index (κ3) is 3.20. The van der Waals surface area contributed by atoms with E-state index in [1.807, 2.05) is 6.92 Å². The Labute approximate surface area is 78.2 Å². The molecule has 0 saturated carbocycles. The summed E-state index contributed by atoms with van der Waals surface area (Å²) >= 11 is 0. The van der Waals surface area contributed by atoms with Gasteiger partial charge in [-0.05, 0) is 6.92 Å². The van der Waals surface area contributed by atoms with E-state index in [0.717, 1.165) is 0 Å². The molecule has 1 atom stereocenters. The van der Waals surface area contributed by atoms with Crippen LogP contribution in [0.1, 0.15) is 6.92 Å². The summed E-state index contributed by atoms with van der Waals surface area (Å²) in [6.45, 7) is 4.95. The monoisotopic (exact) mass is 187 g/mol. The molecular weight excluding hydrogens is 170 g/mol. The molecule has 0 radical (unpaired) electrons. The molecule has 0 aromatic heterocycles. The van der Waals surface area contributed by atoms with E-state index in [1.165, 1.54) is 0 Å². The van der Waals surface area contributed by atoms with Crippen molar-refractivity contribution in [2.24, 2.45) is 5.73 Å². The highest BCUT2D eigenvalue weighted by atomic mass is 16.5. The van der Waals surface area contributed by atoms with Crippen LogP contribution < -0.4 is 11.1 Å². The quantitative estimate of drug-likeness (QED) is 0.605. The Hall–Kier alpha value is -0.810. The Morgan fingerprint density at radius 1 is 1.62 bits per heavy atom. The zero-order valence-corrected chi connectivity index (χ0v) is 7.95. The third-order valence-corrected chi connectivity index (χ3v) is 2.02. The van der Waals surface area contributed by atoms with Crippen molar-refractivity contribution in [1.29, 1.82) is 0 Å². The molecule has 1 saturated heterocycles. The van der Waals surface area contributed by atoms with Crippen molar-refractivity contribution >= 4 is 6.03 Å². The lowest BCUT2D eigenvalue weighted by Crippen LogP contribution is -2.50. The fraction of sp³-hybridized carbons (Fsp3) is 0.875. The maximum atomic E-state index is 11.5. The van der Waals surface area contributed by atoms with Gasteiger partial charge >= 0.3 is 6.03 Å². The number of morpholine rings is 1. The first-order valence-electron chi connectivity index (χ1n) is 4.57. The number of amides is 2. The molecule has 0 bridgehead atoms. The SMILES string of the molecule is CC(CN)NC(=O)N1CCOCC1. The van der Waals surface area contributed by atoms with E-state index in [-0.39, 0.29) is 12.1 Å². The number of carbonyl (C=O) groups excluding carboxylic acids is 1. The summed E-state index contributed by atoms with van der Waals surface area (Å²) in [4.78, 5) is 13.2. The number of nitrogens with zero attached hydrogens (tertiary/aromatic N) is 1. The molecule has 5 heteroatoms. The van der Waals surface area contributed by atoms with Gasteiger partial charge in [0.15, 0.2) is 0 Å². The van der Waals surface area contributed by atoms with Crippen LogP contribution in [0.5, 0.6) is 0 Å². The molecule has 1 aliphatic heterocycles. The standard InChI is InChI=1S/C8H17N3O2/c1-7(6-9)10-8(12)11-2-4-13-5-3-11/h7H,2-6,9H2,1H3,(H,10,12). The maximum Gasteiger partial charge on any atom is 0.317 e. The Balaban J connectivity index is 2.29. The lowest BCUT2D eigenvalue weighted by atomic mass is 10.3. The van der Waals surface area contributed by atoms with Gasteiger partial charge in [0.05, 0.1) is 13.2 Å². The number of carbonyl (C=O) groups is 1. The minimum absolute atomic E-state index is 0.0374. The van der Waals surface area contributed by atoms with E-state index < -0.39 is 0 Å². The molecule has 76 valence electrons. The van der Waals surface area contributed by atoms with Gasteiger partial charge in [-0.25, -0.2) is 4.79 Å². The molecule has 0 aromatic rings. The number of hydrogen-bond donors (Lipinski definition) is 2. The van der Waals surface area contributed by atoms with Crippen LogP contribution in [0.15, 0.2) is 0 Å². The van der Waals surface area contributed by atoms with Crippen molar-refractivity contribution in [3.8, 4) is 0 Å². The summed E-state index contributed by atoms with van der Waals surface area (Å²) in [5.74, 6) is 0. The summed E-state index contributed by atoms with van der Waals surface area (Å²) in [6, 6.07) is -0.00315. The molecule has 0 aromatic carbocycles. The van der Waals surface area contributed by atoms with Crippen LogP contribution in [-0.2, 0) is 4.74 Å². The first kappa shape index (κ1) is 10.3. The smallest absolute Gasteiger partial charge is 0.317 e. The number of nitrogens with one attached hydrogen (secondary N) is 1. The topological polar surface area (TPSA) is 67.6 Å². The van der Waals surface area contributed by atoms with Crippen LogP contribution in [0, 0.1) is 0 Å². The second-order valence-corrected chi connectivity index (χ2v) is 3.19. The number of nitrogens with two attached hydrogens (primary N) is 1. The number of hydrogen-bond acceptors (Lipinski definition) is 3.